The number of esters is 7. The molecule has 0 atom stereocenters. The van der Waals surface area contributed by atoms with Gasteiger partial charge in [-0.1, -0.05) is 81.2 Å². The summed E-state index contributed by atoms with van der Waals surface area (Å²) in [5, 5.41) is 1.76. The van der Waals surface area contributed by atoms with Crippen LogP contribution in [-0.4, -0.2) is 41.8 Å². The summed E-state index contributed by atoms with van der Waals surface area (Å²) in [6.45, 7) is 8.60. The minimum Gasteiger partial charge on any atom is -0.426 e. The minimum atomic E-state index is -0.714. The molecule has 0 bridgehead atoms. The highest BCUT2D eigenvalue weighted by molar-refractivity contribution is 6.32. The highest BCUT2D eigenvalue weighted by Crippen LogP contribution is 2.43. The average molecular weight is 1270 g/mol. The van der Waals surface area contributed by atoms with Crippen molar-refractivity contribution in [2.45, 2.75) is 87.0 Å². The maximum atomic E-state index is 13.1. The topological polar surface area (TPSA) is 184 Å². The molecular formula is C62H49Cl7O14. The molecule has 0 saturated carbocycles. The zero-order valence-corrected chi connectivity index (χ0v) is 50.6. The Bertz CT molecular complexity index is 3550. The van der Waals surface area contributed by atoms with Crippen LogP contribution in [0.3, 0.4) is 0 Å². The summed E-state index contributed by atoms with van der Waals surface area (Å²) in [6.07, 6.45) is -0.321. The Balaban J connectivity index is 1.32. The SMILES string of the molecule is CC(=O)Oc1ccc(Cl)cc1Cc1cc(Cl)cc(Cc2cc(Cl)cc(Cc3cc(Cl)cc(Cc4cc(Cl)cc(Cc5cc(Cl)cc(Cc6cc(Cl)ccc6OC(C)=O)c5OC(C)=O)c4OC(C)=O)c3OC(C)=O)c2OC(C)=O)c1OC(C)=O. The maximum Gasteiger partial charge on any atom is 0.308 e. The van der Waals surface area contributed by atoms with Crippen molar-refractivity contribution in [2.75, 3.05) is 0 Å². The predicted octanol–water partition coefficient (Wildman–Crippen LogP) is 15.3. The number of benzene rings is 7. The molecule has 7 aromatic carbocycles. The van der Waals surface area contributed by atoms with Crippen LogP contribution >= 0.6 is 81.2 Å². The molecule has 0 aliphatic heterocycles. The Kier molecular flexibility index (Phi) is 21.4. The van der Waals surface area contributed by atoms with E-state index in [0.717, 1.165) is 0 Å². The maximum absolute atomic E-state index is 13.1. The van der Waals surface area contributed by atoms with Gasteiger partial charge in [-0.05, 0) is 97.1 Å². The Labute approximate surface area is 512 Å². The van der Waals surface area contributed by atoms with Crippen LogP contribution < -0.4 is 33.2 Å². The van der Waals surface area contributed by atoms with Gasteiger partial charge in [0.05, 0.1) is 0 Å². The van der Waals surface area contributed by atoms with E-state index in [4.69, 9.17) is 114 Å². The van der Waals surface area contributed by atoms with Gasteiger partial charge in [-0.25, -0.2) is 0 Å². The molecule has 0 fully saturated rings. The van der Waals surface area contributed by atoms with Crippen molar-refractivity contribution >= 4 is 123 Å². The van der Waals surface area contributed by atoms with Gasteiger partial charge in [0.2, 0.25) is 0 Å². The molecule has 0 aromatic heterocycles. The van der Waals surface area contributed by atoms with Crippen molar-refractivity contribution in [1.29, 1.82) is 0 Å². The van der Waals surface area contributed by atoms with Gasteiger partial charge in [0.15, 0.2) is 0 Å². The molecule has 7 aromatic rings. The molecule has 21 heteroatoms. The first kappa shape index (κ1) is 63.4. The Morgan fingerprint density at radius 3 is 0.566 bits per heavy atom. The monoisotopic (exact) mass is 1260 g/mol. The Morgan fingerprint density at radius 2 is 0.398 bits per heavy atom. The lowest BCUT2D eigenvalue weighted by Crippen LogP contribution is -2.12. The molecule has 0 spiro atoms. The largest absolute Gasteiger partial charge is 0.426 e. The van der Waals surface area contributed by atoms with Crippen molar-refractivity contribution in [2.24, 2.45) is 0 Å². The number of hydrogen-bond acceptors (Lipinski definition) is 14. The second-order valence-electron chi connectivity index (χ2n) is 19.0. The lowest BCUT2D eigenvalue weighted by molar-refractivity contribution is -0.133. The number of rotatable bonds is 19. The van der Waals surface area contributed by atoms with Gasteiger partial charge in [0.25, 0.3) is 0 Å². The number of halogens is 7. The smallest absolute Gasteiger partial charge is 0.308 e. The van der Waals surface area contributed by atoms with Crippen molar-refractivity contribution in [3.8, 4) is 40.2 Å². The Hall–Kier alpha value is -7.14. The van der Waals surface area contributed by atoms with E-state index in [1.807, 2.05) is 0 Å². The van der Waals surface area contributed by atoms with Crippen LogP contribution in [0.25, 0.3) is 0 Å². The summed E-state index contributed by atoms with van der Waals surface area (Å²) in [5.41, 5.74) is 4.56. The lowest BCUT2D eigenvalue weighted by atomic mass is 9.92. The fourth-order valence-electron chi connectivity index (χ4n) is 9.36. The van der Waals surface area contributed by atoms with E-state index in [1.165, 1.54) is 48.5 Å². The van der Waals surface area contributed by atoms with Crippen molar-refractivity contribution in [1.82, 2.24) is 0 Å². The van der Waals surface area contributed by atoms with Crippen LogP contribution in [-0.2, 0) is 72.1 Å². The van der Waals surface area contributed by atoms with Crippen LogP contribution in [0.1, 0.15) is 115 Å². The second-order valence-corrected chi connectivity index (χ2v) is 22.0. The first-order chi connectivity index (χ1) is 39.2. The molecule has 83 heavy (non-hydrogen) atoms. The quantitative estimate of drug-likeness (QED) is 0.0550. The van der Waals surface area contributed by atoms with E-state index < -0.39 is 41.8 Å². The molecule has 14 nitrogen and oxygen atoms in total. The molecule has 0 amide bonds. The number of carbonyl (C=O) groups is 7. The fourth-order valence-corrected chi connectivity index (χ4v) is 11.1. The molecule has 0 heterocycles. The number of hydrogen-bond donors (Lipinski definition) is 0. The molecule has 0 saturated heterocycles. The highest BCUT2D eigenvalue weighted by Gasteiger charge is 2.27. The number of ether oxygens (including phenoxy) is 7. The van der Waals surface area contributed by atoms with Crippen LogP contribution in [0.4, 0.5) is 0 Å². The molecule has 0 N–H and O–H groups in total. The standard InChI is InChI=1S/C62H49Cl7O14/c1-30(70)77-56-10-8-49(63)18-37(56)12-39-20-51(65)22-41(58(39)79-32(3)72)14-43-24-53(67)26-45(60(43)81-34(5)74)16-47-28-55(69)29-48(62(47)83-36(7)76)17-46-27-54(68)25-44(61(46)82-35(6)75)15-42-23-52(66)21-40(59(42)80-33(4)73)13-38-19-50(64)9-11-57(38)78-31(2)71/h8-11,18-29H,12-17H2,1-7H3. The predicted molar refractivity (Wildman–Crippen MR) is 316 cm³/mol. The van der Waals surface area contributed by atoms with Gasteiger partial charge in [0.1, 0.15) is 40.2 Å². The van der Waals surface area contributed by atoms with Crippen LogP contribution in [0.2, 0.25) is 35.2 Å². The third-order valence-corrected chi connectivity index (χ3v) is 13.7. The zero-order chi connectivity index (χ0) is 60.6. The molecule has 7 rings (SSSR count). The summed E-state index contributed by atoms with van der Waals surface area (Å²) in [5.74, 6) is -3.74. The third-order valence-electron chi connectivity index (χ3n) is 12.1. The third kappa shape index (κ3) is 17.5. The molecule has 0 aliphatic carbocycles. The van der Waals surface area contributed by atoms with Crippen LogP contribution in [0.15, 0.2) is 97.1 Å². The normalized spacial score (nSPS) is 10.9. The molecular weight excluding hydrogens is 1220 g/mol. The van der Waals surface area contributed by atoms with Crippen LogP contribution in [0.5, 0.6) is 40.2 Å². The first-order valence-electron chi connectivity index (χ1n) is 25.1. The van der Waals surface area contributed by atoms with E-state index >= 15 is 0 Å². The molecule has 0 unspecified atom stereocenters. The van der Waals surface area contributed by atoms with Crippen molar-refractivity contribution in [3.05, 3.63) is 199 Å². The van der Waals surface area contributed by atoms with Crippen LogP contribution in [0, 0.1) is 0 Å². The summed E-state index contributed by atoms with van der Waals surface area (Å²) < 4.78 is 40.5. The molecule has 430 valence electrons. The van der Waals surface area contributed by atoms with E-state index in [2.05, 4.69) is 0 Å². The van der Waals surface area contributed by atoms with E-state index in [-0.39, 0.29) is 104 Å². The zero-order valence-electron chi connectivity index (χ0n) is 45.3. The second kappa shape index (κ2) is 28.0. The van der Waals surface area contributed by atoms with E-state index in [1.54, 1.807) is 97.1 Å². The van der Waals surface area contributed by atoms with Gasteiger partial charge >= 0.3 is 41.8 Å². The van der Waals surface area contributed by atoms with Crippen molar-refractivity contribution < 1.29 is 66.7 Å². The molecule has 0 aliphatic rings. The van der Waals surface area contributed by atoms with Gasteiger partial charge in [0, 0.05) is 189 Å². The van der Waals surface area contributed by atoms with E-state index in [0.29, 0.717) is 76.8 Å². The van der Waals surface area contributed by atoms with Gasteiger partial charge < -0.3 is 33.2 Å². The first-order valence-corrected chi connectivity index (χ1v) is 27.7. The van der Waals surface area contributed by atoms with Gasteiger partial charge in [-0.2, -0.15) is 0 Å². The summed E-state index contributed by atoms with van der Waals surface area (Å²) in [7, 11) is 0. The fraction of sp³-hybridized carbons (Fsp3) is 0.210. The average Bonchev–Trinajstić information content (AvgIpc) is 3.45. The van der Waals surface area contributed by atoms with Gasteiger partial charge in [-0.15, -0.1) is 0 Å². The Morgan fingerprint density at radius 1 is 0.241 bits per heavy atom. The summed E-state index contributed by atoms with van der Waals surface area (Å²) in [4.78, 5) is 88.8. The molecule has 0 radical (unpaired) electrons. The highest BCUT2D eigenvalue weighted by atomic mass is 35.5. The van der Waals surface area contributed by atoms with Gasteiger partial charge in [-0.3, -0.25) is 33.6 Å². The van der Waals surface area contributed by atoms with Crippen molar-refractivity contribution in [3.63, 3.8) is 0 Å². The van der Waals surface area contributed by atoms with E-state index in [9.17, 15) is 33.6 Å². The summed E-state index contributed by atoms with van der Waals surface area (Å²) >= 11 is 47.0. The minimum absolute atomic E-state index is 0.0407. The number of carbonyl (C=O) groups excluding carboxylic acids is 7. The lowest BCUT2D eigenvalue weighted by Gasteiger charge is -2.21. The summed E-state index contributed by atoms with van der Waals surface area (Å²) in [6, 6.07) is 25.2.